The Morgan fingerprint density at radius 2 is 1.91 bits per heavy atom. The molecule has 0 bridgehead atoms. The second kappa shape index (κ2) is 7.39. The lowest BCUT2D eigenvalue weighted by Crippen LogP contribution is -2.48. The SMILES string of the molecule is CCN(CC)S(=O)(=O)N1CCC(Nc2cccc(C)n2)CC1. The maximum atomic E-state index is 12.5. The van der Waals surface area contributed by atoms with Crippen molar-refractivity contribution in [1.29, 1.82) is 0 Å². The van der Waals surface area contributed by atoms with E-state index in [-0.39, 0.29) is 6.04 Å². The third kappa shape index (κ3) is 3.97. The number of aryl methyl sites for hydroxylation is 1. The van der Waals surface area contributed by atoms with Gasteiger partial charge in [-0.3, -0.25) is 0 Å². The smallest absolute Gasteiger partial charge is 0.281 e. The van der Waals surface area contributed by atoms with Crippen molar-refractivity contribution in [2.45, 2.75) is 39.7 Å². The number of anilines is 1. The maximum Gasteiger partial charge on any atom is 0.281 e. The number of piperidine rings is 1. The van der Waals surface area contributed by atoms with Crippen molar-refractivity contribution >= 4 is 16.0 Å². The second-order valence-electron chi connectivity index (χ2n) is 5.57. The topological polar surface area (TPSA) is 65.5 Å². The molecule has 1 aliphatic heterocycles. The lowest BCUT2D eigenvalue weighted by atomic mass is 10.1. The number of pyridine rings is 1. The fourth-order valence-electron chi connectivity index (χ4n) is 2.78. The molecule has 6 nitrogen and oxygen atoms in total. The van der Waals surface area contributed by atoms with Crippen molar-refractivity contribution < 1.29 is 8.42 Å². The van der Waals surface area contributed by atoms with Crippen molar-refractivity contribution in [2.75, 3.05) is 31.5 Å². The van der Waals surface area contributed by atoms with Crippen molar-refractivity contribution in [3.05, 3.63) is 23.9 Å². The largest absolute Gasteiger partial charge is 0.367 e. The highest BCUT2D eigenvalue weighted by Crippen LogP contribution is 2.19. The van der Waals surface area contributed by atoms with E-state index >= 15 is 0 Å². The van der Waals surface area contributed by atoms with E-state index in [1.165, 1.54) is 4.31 Å². The summed E-state index contributed by atoms with van der Waals surface area (Å²) >= 11 is 0. The summed E-state index contributed by atoms with van der Waals surface area (Å²) in [5.74, 6) is 0.866. The Bertz CT molecular complexity index is 579. The molecule has 2 heterocycles. The average Bonchev–Trinajstić information content (AvgIpc) is 2.49. The van der Waals surface area contributed by atoms with Crippen molar-refractivity contribution in [3.63, 3.8) is 0 Å². The van der Waals surface area contributed by atoms with Crippen LogP contribution in [0, 0.1) is 6.92 Å². The minimum Gasteiger partial charge on any atom is -0.367 e. The lowest BCUT2D eigenvalue weighted by molar-refractivity contribution is 0.298. The number of rotatable bonds is 6. The Labute approximate surface area is 133 Å². The van der Waals surface area contributed by atoms with Crippen LogP contribution in [-0.2, 0) is 10.2 Å². The van der Waals surface area contributed by atoms with Crippen LogP contribution in [-0.4, -0.2) is 54.2 Å². The molecule has 1 aromatic heterocycles. The molecule has 0 aliphatic carbocycles. The van der Waals surface area contributed by atoms with E-state index in [9.17, 15) is 8.42 Å². The predicted octanol–water partition coefficient (Wildman–Crippen LogP) is 1.85. The van der Waals surface area contributed by atoms with Crippen LogP contribution in [0.5, 0.6) is 0 Å². The highest BCUT2D eigenvalue weighted by molar-refractivity contribution is 7.86. The molecular weight excluding hydrogens is 300 g/mol. The van der Waals surface area contributed by atoms with Crippen LogP contribution in [0.15, 0.2) is 18.2 Å². The third-order valence-electron chi connectivity index (χ3n) is 4.05. The van der Waals surface area contributed by atoms with E-state index < -0.39 is 10.2 Å². The van der Waals surface area contributed by atoms with E-state index in [1.54, 1.807) is 4.31 Å². The zero-order valence-corrected chi connectivity index (χ0v) is 14.4. The molecule has 124 valence electrons. The molecule has 0 unspecified atom stereocenters. The van der Waals surface area contributed by atoms with Crippen LogP contribution in [0.25, 0.3) is 0 Å². The minimum absolute atomic E-state index is 0.275. The highest BCUT2D eigenvalue weighted by Gasteiger charge is 2.31. The van der Waals surface area contributed by atoms with Crippen LogP contribution in [0.1, 0.15) is 32.4 Å². The Morgan fingerprint density at radius 1 is 1.27 bits per heavy atom. The first-order valence-corrected chi connectivity index (χ1v) is 9.32. The van der Waals surface area contributed by atoms with E-state index in [0.717, 1.165) is 24.4 Å². The molecule has 1 N–H and O–H groups in total. The van der Waals surface area contributed by atoms with Gasteiger partial charge in [0.05, 0.1) is 0 Å². The first kappa shape index (κ1) is 17.2. The molecule has 2 rings (SSSR count). The predicted molar refractivity (Wildman–Crippen MR) is 89.0 cm³/mol. The zero-order chi connectivity index (χ0) is 16.2. The van der Waals surface area contributed by atoms with Gasteiger partial charge < -0.3 is 5.32 Å². The van der Waals surface area contributed by atoms with Gasteiger partial charge in [0.25, 0.3) is 10.2 Å². The van der Waals surface area contributed by atoms with E-state index in [0.29, 0.717) is 26.2 Å². The Kier molecular flexibility index (Phi) is 5.77. The second-order valence-corrected chi connectivity index (χ2v) is 7.50. The molecule has 1 aliphatic rings. The molecule has 0 radical (unpaired) electrons. The fraction of sp³-hybridized carbons (Fsp3) is 0.667. The van der Waals surface area contributed by atoms with Gasteiger partial charge in [0, 0.05) is 37.9 Å². The maximum absolute atomic E-state index is 12.5. The van der Waals surface area contributed by atoms with Crippen LogP contribution in [0.4, 0.5) is 5.82 Å². The number of hydrogen-bond donors (Lipinski definition) is 1. The summed E-state index contributed by atoms with van der Waals surface area (Å²) < 4.78 is 28.1. The summed E-state index contributed by atoms with van der Waals surface area (Å²) in [7, 11) is -3.30. The molecule has 7 heteroatoms. The molecule has 0 saturated carbocycles. The number of nitrogens with zero attached hydrogens (tertiary/aromatic N) is 3. The summed E-state index contributed by atoms with van der Waals surface area (Å²) in [5, 5.41) is 3.40. The Balaban J connectivity index is 1.93. The molecule has 0 amide bonds. The van der Waals surface area contributed by atoms with Gasteiger partial charge in [0.15, 0.2) is 0 Å². The summed E-state index contributed by atoms with van der Waals surface area (Å²) in [6.07, 6.45) is 1.60. The molecular formula is C15H26N4O2S. The lowest BCUT2D eigenvalue weighted by Gasteiger charge is -2.34. The molecule has 0 atom stereocenters. The molecule has 1 saturated heterocycles. The summed E-state index contributed by atoms with van der Waals surface area (Å²) in [6, 6.07) is 6.17. The van der Waals surface area contributed by atoms with Crippen LogP contribution < -0.4 is 5.32 Å². The van der Waals surface area contributed by atoms with E-state index in [4.69, 9.17) is 0 Å². The minimum atomic E-state index is -3.30. The monoisotopic (exact) mass is 326 g/mol. The Morgan fingerprint density at radius 3 is 2.45 bits per heavy atom. The zero-order valence-electron chi connectivity index (χ0n) is 13.6. The first-order valence-electron chi connectivity index (χ1n) is 7.92. The van der Waals surface area contributed by atoms with E-state index in [1.807, 2.05) is 39.0 Å². The van der Waals surface area contributed by atoms with Crippen LogP contribution >= 0.6 is 0 Å². The molecule has 1 fully saturated rings. The van der Waals surface area contributed by atoms with Crippen molar-refractivity contribution in [3.8, 4) is 0 Å². The molecule has 0 spiro atoms. The average molecular weight is 326 g/mol. The van der Waals surface area contributed by atoms with Gasteiger partial charge in [0.1, 0.15) is 5.82 Å². The molecule has 22 heavy (non-hydrogen) atoms. The summed E-state index contributed by atoms with van der Waals surface area (Å²) in [4.78, 5) is 4.44. The summed E-state index contributed by atoms with van der Waals surface area (Å²) in [6.45, 7) is 7.86. The number of aromatic nitrogens is 1. The van der Waals surface area contributed by atoms with Crippen LogP contribution in [0.2, 0.25) is 0 Å². The first-order chi connectivity index (χ1) is 10.5. The van der Waals surface area contributed by atoms with Gasteiger partial charge in [-0.1, -0.05) is 19.9 Å². The van der Waals surface area contributed by atoms with E-state index in [2.05, 4.69) is 10.3 Å². The summed E-state index contributed by atoms with van der Waals surface area (Å²) in [5.41, 5.74) is 0.978. The van der Waals surface area contributed by atoms with Crippen molar-refractivity contribution in [1.82, 2.24) is 13.6 Å². The Hall–Kier alpha value is -1.18. The third-order valence-corrected chi connectivity index (χ3v) is 6.24. The molecule has 0 aromatic carbocycles. The van der Waals surface area contributed by atoms with Gasteiger partial charge in [-0.25, -0.2) is 4.98 Å². The van der Waals surface area contributed by atoms with Gasteiger partial charge in [0.2, 0.25) is 0 Å². The normalized spacial score (nSPS) is 17.8. The number of hydrogen-bond acceptors (Lipinski definition) is 4. The number of nitrogens with one attached hydrogen (secondary N) is 1. The molecule has 1 aromatic rings. The quantitative estimate of drug-likeness (QED) is 0.866. The highest BCUT2D eigenvalue weighted by atomic mass is 32.2. The van der Waals surface area contributed by atoms with Gasteiger partial charge in [-0.2, -0.15) is 17.0 Å². The van der Waals surface area contributed by atoms with Gasteiger partial charge >= 0.3 is 0 Å². The standard InChI is InChI=1S/C15H26N4O2S/c1-4-18(5-2)22(20,21)19-11-9-14(10-12-19)17-15-8-6-7-13(3)16-15/h6-8,14H,4-5,9-12H2,1-3H3,(H,16,17). The van der Waals surface area contributed by atoms with Gasteiger partial charge in [-0.05, 0) is 31.9 Å². The van der Waals surface area contributed by atoms with Crippen LogP contribution in [0.3, 0.4) is 0 Å². The fourth-order valence-corrected chi connectivity index (χ4v) is 4.43. The van der Waals surface area contributed by atoms with Gasteiger partial charge in [-0.15, -0.1) is 0 Å². The van der Waals surface area contributed by atoms with Crippen molar-refractivity contribution in [2.24, 2.45) is 0 Å².